The third-order valence-electron chi connectivity index (χ3n) is 14.2. The Balaban J connectivity index is 1.15. The van der Waals surface area contributed by atoms with E-state index in [1.807, 2.05) is 6.20 Å². The SMILES string of the molecule is CC(C)(C)c1cccc(-[n+]2[c-]n(-c3cc(Oc4ccc5c6cc(C(C)(C)c7ccccc7)ccc6n(-c6cc(C(C)(C)C)ccn6)c5c4)cc(C(C)(C)c4ccccc4)c3)c(-c3ccccc3)c2)c1. The van der Waals surface area contributed by atoms with E-state index in [0.717, 1.165) is 61.9 Å². The number of benzene rings is 7. The fourth-order valence-corrected chi connectivity index (χ4v) is 9.65. The third kappa shape index (κ3) is 8.67. The van der Waals surface area contributed by atoms with Gasteiger partial charge in [-0.3, -0.25) is 13.7 Å². The van der Waals surface area contributed by atoms with Gasteiger partial charge < -0.3 is 4.74 Å². The Morgan fingerprint density at radius 1 is 0.464 bits per heavy atom. The Bertz CT molecular complexity index is 3470. The molecule has 3 heterocycles. The van der Waals surface area contributed by atoms with Crippen LogP contribution in [-0.2, 0) is 21.7 Å². The highest BCUT2D eigenvalue weighted by atomic mass is 16.5. The summed E-state index contributed by atoms with van der Waals surface area (Å²) in [6.07, 6.45) is 7.90. The van der Waals surface area contributed by atoms with Crippen LogP contribution in [0.25, 0.3) is 50.3 Å². The molecule has 0 radical (unpaired) electrons. The van der Waals surface area contributed by atoms with Crippen LogP contribution >= 0.6 is 0 Å². The van der Waals surface area contributed by atoms with E-state index in [1.54, 1.807) is 0 Å². The largest absolute Gasteiger partial charge is 0.458 e. The number of imidazole rings is 1. The van der Waals surface area contributed by atoms with E-state index in [9.17, 15) is 0 Å². The predicted octanol–water partition coefficient (Wildman–Crippen LogP) is 15.8. The van der Waals surface area contributed by atoms with E-state index in [2.05, 4.69) is 277 Å². The lowest BCUT2D eigenvalue weighted by atomic mass is 9.78. The van der Waals surface area contributed by atoms with Crippen LogP contribution in [0.1, 0.15) is 103 Å². The minimum atomic E-state index is -0.363. The lowest BCUT2D eigenvalue weighted by Gasteiger charge is -2.27. The molecule has 10 aromatic rings. The quantitative estimate of drug-likeness (QED) is 0.101. The Hall–Kier alpha value is -7.50. The summed E-state index contributed by atoms with van der Waals surface area (Å²) >= 11 is 0. The predicted molar refractivity (Wildman–Crippen MR) is 285 cm³/mol. The van der Waals surface area contributed by atoms with Gasteiger partial charge in [0.25, 0.3) is 6.33 Å². The molecule has 0 unspecified atom stereocenters. The summed E-state index contributed by atoms with van der Waals surface area (Å²) in [5, 5.41) is 2.31. The number of rotatable bonds is 10. The van der Waals surface area contributed by atoms with Gasteiger partial charge in [-0.1, -0.05) is 178 Å². The van der Waals surface area contributed by atoms with Crippen molar-refractivity contribution in [1.82, 2.24) is 14.1 Å². The zero-order chi connectivity index (χ0) is 48.3. The number of hydrogen-bond donors (Lipinski definition) is 0. The average molecular weight is 903 g/mol. The summed E-state index contributed by atoms with van der Waals surface area (Å²) < 4.78 is 13.8. The second-order valence-corrected chi connectivity index (χ2v) is 21.7. The summed E-state index contributed by atoms with van der Waals surface area (Å²) in [5.41, 5.74) is 13.0. The highest BCUT2D eigenvalue weighted by Crippen LogP contribution is 2.42. The molecular formula is C64H62N4O. The molecular weight excluding hydrogens is 841 g/mol. The first-order chi connectivity index (χ1) is 32.9. The molecule has 0 bridgehead atoms. The minimum Gasteiger partial charge on any atom is -0.458 e. The average Bonchev–Trinajstić information content (AvgIpc) is 3.94. The van der Waals surface area contributed by atoms with Crippen molar-refractivity contribution in [3.63, 3.8) is 0 Å². The van der Waals surface area contributed by atoms with Crippen molar-refractivity contribution < 1.29 is 9.30 Å². The molecule has 10 rings (SSSR count). The molecule has 344 valence electrons. The van der Waals surface area contributed by atoms with Gasteiger partial charge >= 0.3 is 0 Å². The number of ether oxygens (including phenoxy) is 1. The first-order valence-electron chi connectivity index (χ1n) is 24.2. The lowest BCUT2D eigenvalue weighted by molar-refractivity contribution is -0.599. The van der Waals surface area contributed by atoms with E-state index in [4.69, 9.17) is 9.72 Å². The maximum Gasteiger partial charge on any atom is 0.269 e. The van der Waals surface area contributed by atoms with E-state index in [1.165, 1.54) is 33.2 Å². The van der Waals surface area contributed by atoms with Crippen molar-refractivity contribution in [2.45, 2.75) is 90.9 Å². The van der Waals surface area contributed by atoms with Crippen LogP contribution in [-0.4, -0.2) is 14.1 Å². The van der Waals surface area contributed by atoms with Gasteiger partial charge in [0, 0.05) is 40.1 Å². The number of nitrogens with zero attached hydrogens (tertiary/aromatic N) is 4. The van der Waals surface area contributed by atoms with Crippen LogP contribution < -0.4 is 9.30 Å². The topological polar surface area (TPSA) is 35.9 Å². The molecule has 0 atom stereocenters. The number of hydrogen-bond acceptors (Lipinski definition) is 2. The number of aromatic nitrogens is 4. The normalized spacial score (nSPS) is 12.5. The summed E-state index contributed by atoms with van der Waals surface area (Å²) in [4.78, 5) is 5.03. The molecule has 0 aliphatic rings. The Morgan fingerprint density at radius 3 is 1.75 bits per heavy atom. The Kier molecular flexibility index (Phi) is 11.3. The van der Waals surface area contributed by atoms with Gasteiger partial charge in [0.05, 0.1) is 28.1 Å². The van der Waals surface area contributed by atoms with E-state index in [0.29, 0.717) is 0 Å². The van der Waals surface area contributed by atoms with Crippen molar-refractivity contribution in [2.75, 3.05) is 0 Å². The molecule has 7 aromatic carbocycles. The van der Waals surface area contributed by atoms with Gasteiger partial charge in [0.2, 0.25) is 0 Å². The van der Waals surface area contributed by atoms with Crippen molar-refractivity contribution >= 4 is 21.8 Å². The molecule has 0 saturated carbocycles. The summed E-state index contributed by atoms with van der Waals surface area (Å²) in [6, 6.07) is 65.3. The minimum absolute atomic E-state index is 0.00241. The molecule has 0 spiro atoms. The van der Waals surface area contributed by atoms with Gasteiger partial charge in [-0.25, -0.2) is 4.98 Å². The van der Waals surface area contributed by atoms with Gasteiger partial charge in [-0.2, -0.15) is 0 Å². The Morgan fingerprint density at radius 2 is 1.09 bits per heavy atom. The molecule has 0 aliphatic heterocycles. The molecule has 0 aliphatic carbocycles. The fourth-order valence-electron chi connectivity index (χ4n) is 9.65. The summed E-state index contributed by atoms with van der Waals surface area (Å²) in [7, 11) is 0. The molecule has 0 N–H and O–H groups in total. The zero-order valence-electron chi connectivity index (χ0n) is 41.7. The second kappa shape index (κ2) is 17.2. The number of fused-ring (bicyclic) bond motifs is 3. The van der Waals surface area contributed by atoms with E-state index >= 15 is 0 Å². The van der Waals surface area contributed by atoms with E-state index < -0.39 is 0 Å². The van der Waals surface area contributed by atoms with Crippen molar-refractivity contribution in [3.8, 4) is 39.9 Å². The van der Waals surface area contributed by atoms with Gasteiger partial charge in [-0.15, -0.1) is 0 Å². The molecule has 3 aromatic heterocycles. The first kappa shape index (κ1) is 45.3. The standard InChI is InChI=1S/C64H62N4O/c1-61(2,3)47-27-20-28-51(35-47)66-42-59(44-21-14-11-15-22-44)67(43-66)52-36-50(64(9,10)46-25-18-13-19-26-46)37-54(40-52)69-53-30-31-55-56-38-49(63(7,8)45-23-16-12-17-24-45)29-32-57(56)68(58(55)41-53)60-39-48(33-34-65-60)62(4,5)6/h11-42H,1-10H3. The van der Waals surface area contributed by atoms with Gasteiger partial charge in [-0.05, 0) is 117 Å². The molecule has 0 saturated heterocycles. The van der Waals surface area contributed by atoms with Crippen LogP contribution in [0.3, 0.4) is 0 Å². The fraction of sp³-hybridized carbons (Fsp3) is 0.219. The van der Waals surface area contributed by atoms with E-state index in [-0.39, 0.29) is 21.7 Å². The van der Waals surface area contributed by atoms with Crippen molar-refractivity contribution in [1.29, 1.82) is 0 Å². The molecule has 5 heteroatoms. The van der Waals surface area contributed by atoms with Crippen molar-refractivity contribution in [2.24, 2.45) is 0 Å². The summed E-state index contributed by atoms with van der Waals surface area (Å²) in [6.45, 7) is 22.7. The van der Waals surface area contributed by atoms with Crippen LogP contribution in [0.4, 0.5) is 0 Å². The highest BCUT2D eigenvalue weighted by molar-refractivity contribution is 6.10. The summed E-state index contributed by atoms with van der Waals surface area (Å²) in [5.74, 6) is 2.34. The smallest absolute Gasteiger partial charge is 0.269 e. The molecule has 5 nitrogen and oxygen atoms in total. The highest BCUT2D eigenvalue weighted by Gasteiger charge is 2.28. The third-order valence-corrected chi connectivity index (χ3v) is 14.2. The zero-order valence-corrected chi connectivity index (χ0v) is 41.7. The Labute approximate surface area is 408 Å². The van der Waals surface area contributed by atoms with Crippen LogP contribution in [0.2, 0.25) is 0 Å². The van der Waals surface area contributed by atoms with Crippen LogP contribution in [0, 0.1) is 6.33 Å². The molecule has 69 heavy (non-hydrogen) atoms. The van der Waals surface area contributed by atoms with Crippen LogP contribution in [0.5, 0.6) is 11.5 Å². The monoisotopic (exact) mass is 902 g/mol. The molecule has 0 amide bonds. The maximum atomic E-state index is 7.14. The number of pyridine rings is 1. The molecule has 0 fully saturated rings. The second-order valence-electron chi connectivity index (χ2n) is 21.7. The van der Waals surface area contributed by atoms with Gasteiger partial charge in [0.1, 0.15) is 17.3 Å². The lowest BCUT2D eigenvalue weighted by Crippen LogP contribution is -2.29. The van der Waals surface area contributed by atoms with Gasteiger partial charge in [0.15, 0.2) is 0 Å². The van der Waals surface area contributed by atoms with Crippen LogP contribution in [0.15, 0.2) is 194 Å². The maximum absolute atomic E-state index is 7.14. The van der Waals surface area contributed by atoms with Crippen molar-refractivity contribution in [3.05, 3.63) is 234 Å². The first-order valence-corrected chi connectivity index (χ1v) is 24.2.